The molecular formula is C26H25BrN2O5. The van der Waals surface area contributed by atoms with Crippen LogP contribution >= 0.6 is 15.9 Å². The number of anilines is 1. The molecule has 0 atom stereocenters. The van der Waals surface area contributed by atoms with Gasteiger partial charge in [0, 0.05) is 15.7 Å². The summed E-state index contributed by atoms with van der Waals surface area (Å²) in [5.41, 5.74) is 2.59. The largest absolute Gasteiger partial charge is 0.493 e. The molecule has 7 nitrogen and oxygen atoms in total. The third-order valence-corrected chi connectivity index (χ3v) is 5.83. The first-order valence-corrected chi connectivity index (χ1v) is 11.1. The number of rotatable bonds is 8. The lowest BCUT2D eigenvalue weighted by atomic mass is 10.1. The van der Waals surface area contributed by atoms with Crippen molar-refractivity contribution in [3.05, 3.63) is 87.5 Å². The normalized spacial score (nSPS) is 10.9. The van der Waals surface area contributed by atoms with Gasteiger partial charge in [-0.05, 0) is 66.6 Å². The van der Waals surface area contributed by atoms with E-state index in [9.17, 15) is 9.59 Å². The van der Waals surface area contributed by atoms with E-state index in [0.717, 1.165) is 10.0 Å². The quantitative estimate of drug-likeness (QED) is 0.396. The van der Waals surface area contributed by atoms with Crippen molar-refractivity contribution < 1.29 is 23.8 Å². The highest BCUT2D eigenvalue weighted by Crippen LogP contribution is 2.38. The zero-order valence-corrected chi connectivity index (χ0v) is 20.9. The molecule has 0 aliphatic heterocycles. The minimum Gasteiger partial charge on any atom is -0.493 e. The van der Waals surface area contributed by atoms with E-state index in [2.05, 4.69) is 26.6 Å². The smallest absolute Gasteiger partial charge is 0.272 e. The monoisotopic (exact) mass is 524 g/mol. The van der Waals surface area contributed by atoms with Gasteiger partial charge in [0.1, 0.15) is 5.70 Å². The van der Waals surface area contributed by atoms with Gasteiger partial charge >= 0.3 is 0 Å². The van der Waals surface area contributed by atoms with Crippen LogP contribution in [0.4, 0.5) is 5.69 Å². The Morgan fingerprint density at radius 3 is 2.09 bits per heavy atom. The van der Waals surface area contributed by atoms with Crippen LogP contribution in [0.15, 0.2) is 70.8 Å². The van der Waals surface area contributed by atoms with Gasteiger partial charge < -0.3 is 24.8 Å². The van der Waals surface area contributed by atoms with Crippen molar-refractivity contribution in [2.75, 3.05) is 26.6 Å². The Hall–Kier alpha value is -3.78. The number of ether oxygens (including phenoxy) is 3. The van der Waals surface area contributed by atoms with Gasteiger partial charge in [-0.1, -0.05) is 34.1 Å². The van der Waals surface area contributed by atoms with Crippen LogP contribution in [-0.2, 0) is 4.79 Å². The number of methoxy groups -OCH3 is 3. The highest BCUT2D eigenvalue weighted by Gasteiger charge is 2.18. The van der Waals surface area contributed by atoms with Gasteiger partial charge in [-0.25, -0.2) is 0 Å². The van der Waals surface area contributed by atoms with Gasteiger partial charge in [-0.3, -0.25) is 9.59 Å². The van der Waals surface area contributed by atoms with Gasteiger partial charge in [0.2, 0.25) is 5.75 Å². The van der Waals surface area contributed by atoms with Gasteiger partial charge in [0.25, 0.3) is 11.8 Å². The molecule has 8 heteroatoms. The van der Waals surface area contributed by atoms with Crippen molar-refractivity contribution >= 4 is 39.5 Å². The summed E-state index contributed by atoms with van der Waals surface area (Å²) in [5.74, 6) is 0.365. The van der Waals surface area contributed by atoms with Gasteiger partial charge in [0.15, 0.2) is 11.5 Å². The lowest BCUT2D eigenvalue weighted by Crippen LogP contribution is -2.30. The molecule has 0 fully saturated rings. The second-order valence-corrected chi connectivity index (χ2v) is 8.11. The van der Waals surface area contributed by atoms with Crippen LogP contribution in [-0.4, -0.2) is 33.1 Å². The maximum atomic E-state index is 13.2. The van der Waals surface area contributed by atoms with E-state index in [1.165, 1.54) is 21.3 Å². The first-order chi connectivity index (χ1) is 16.4. The molecule has 3 rings (SSSR count). The molecule has 0 saturated heterocycles. The standard InChI is InChI=1S/C26H25BrN2O5/c1-16-12-19(10-11-20(16)27)28-26(31)21(29-25(30)18-8-6-5-7-9-18)13-17-14-22(32-2)24(34-4)23(15-17)33-3/h5-15H,1-4H3,(H,28,31)(H,29,30)/b21-13+. The third kappa shape index (κ3) is 5.96. The molecule has 0 spiro atoms. The Kier molecular flexibility index (Phi) is 8.32. The topological polar surface area (TPSA) is 85.9 Å². The summed E-state index contributed by atoms with van der Waals surface area (Å²) < 4.78 is 17.1. The van der Waals surface area contributed by atoms with Gasteiger partial charge in [-0.15, -0.1) is 0 Å². The second kappa shape index (κ2) is 11.4. The lowest BCUT2D eigenvalue weighted by Gasteiger charge is -2.15. The second-order valence-electron chi connectivity index (χ2n) is 7.25. The van der Waals surface area contributed by atoms with Crippen molar-refractivity contribution in [2.45, 2.75) is 6.92 Å². The molecule has 2 N–H and O–H groups in total. The number of carbonyl (C=O) groups excluding carboxylic acids is 2. The molecule has 0 radical (unpaired) electrons. The van der Waals surface area contributed by atoms with Crippen molar-refractivity contribution in [3.63, 3.8) is 0 Å². The van der Waals surface area contributed by atoms with E-state index >= 15 is 0 Å². The van der Waals surface area contributed by atoms with Crippen molar-refractivity contribution in [2.24, 2.45) is 0 Å². The Morgan fingerprint density at radius 1 is 0.882 bits per heavy atom. The minimum atomic E-state index is -0.486. The number of hydrogen-bond acceptors (Lipinski definition) is 5. The van der Waals surface area contributed by atoms with Crippen molar-refractivity contribution in [3.8, 4) is 17.2 Å². The van der Waals surface area contributed by atoms with E-state index in [4.69, 9.17) is 14.2 Å². The Balaban J connectivity index is 2.01. The fourth-order valence-corrected chi connectivity index (χ4v) is 3.46. The number of halogens is 1. The van der Waals surface area contributed by atoms with Crippen LogP contribution in [0.3, 0.4) is 0 Å². The van der Waals surface area contributed by atoms with Gasteiger partial charge in [-0.2, -0.15) is 0 Å². The first-order valence-electron chi connectivity index (χ1n) is 10.3. The van der Waals surface area contributed by atoms with Gasteiger partial charge in [0.05, 0.1) is 21.3 Å². The number of aryl methyl sites for hydroxylation is 1. The number of nitrogens with one attached hydrogen (secondary N) is 2. The maximum absolute atomic E-state index is 13.2. The molecule has 3 aromatic rings. The predicted octanol–water partition coefficient (Wildman–Crippen LogP) is 5.19. The van der Waals surface area contributed by atoms with E-state index < -0.39 is 11.8 Å². The Morgan fingerprint density at radius 2 is 1.53 bits per heavy atom. The Bertz CT molecular complexity index is 1200. The molecular weight excluding hydrogens is 500 g/mol. The number of hydrogen-bond donors (Lipinski definition) is 2. The maximum Gasteiger partial charge on any atom is 0.272 e. The zero-order valence-electron chi connectivity index (χ0n) is 19.3. The average molecular weight is 525 g/mol. The molecule has 0 aliphatic carbocycles. The highest BCUT2D eigenvalue weighted by molar-refractivity contribution is 9.10. The minimum absolute atomic E-state index is 0.0451. The van der Waals surface area contributed by atoms with Crippen LogP contribution in [0.1, 0.15) is 21.5 Å². The van der Waals surface area contributed by atoms with Crippen LogP contribution in [0, 0.1) is 6.92 Å². The van der Waals surface area contributed by atoms with E-state index in [-0.39, 0.29) is 5.70 Å². The van der Waals surface area contributed by atoms with Crippen LogP contribution in [0.2, 0.25) is 0 Å². The zero-order chi connectivity index (χ0) is 24.7. The van der Waals surface area contributed by atoms with E-state index in [0.29, 0.717) is 34.1 Å². The molecule has 0 unspecified atom stereocenters. The van der Waals surface area contributed by atoms with Crippen LogP contribution in [0.5, 0.6) is 17.2 Å². The molecule has 0 heterocycles. The summed E-state index contributed by atoms with van der Waals surface area (Å²) in [4.78, 5) is 26.1. The Labute approximate surface area is 206 Å². The summed E-state index contributed by atoms with van der Waals surface area (Å²) >= 11 is 3.45. The number of carbonyl (C=O) groups is 2. The average Bonchev–Trinajstić information content (AvgIpc) is 2.85. The highest BCUT2D eigenvalue weighted by atomic mass is 79.9. The third-order valence-electron chi connectivity index (χ3n) is 4.94. The predicted molar refractivity (Wildman–Crippen MR) is 135 cm³/mol. The molecule has 2 amide bonds. The van der Waals surface area contributed by atoms with Crippen LogP contribution in [0.25, 0.3) is 6.08 Å². The molecule has 34 heavy (non-hydrogen) atoms. The summed E-state index contributed by atoms with van der Waals surface area (Å²) in [6.07, 6.45) is 1.55. The molecule has 0 aromatic heterocycles. The summed E-state index contributed by atoms with van der Waals surface area (Å²) in [6, 6.07) is 17.5. The first kappa shape index (κ1) is 24.9. The van der Waals surface area contributed by atoms with E-state index in [1.54, 1.807) is 48.5 Å². The van der Waals surface area contributed by atoms with Crippen molar-refractivity contribution in [1.29, 1.82) is 0 Å². The molecule has 0 aliphatic rings. The fraction of sp³-hybridized carbons (Fsp3) is 0.154. The molecule has 3 aromatic carbocycles. The van der Waals surface area contributed by atoms with Crippen molar-refractivity contribution in [1.82, 2.24) is 5.32 Å². The molecule has 0 saturated carbocycles. The SMILES string of the molecule is COc1cc(/C=C(/NC(=O)c2ccccc2)C(=O)Nc2ccc(Br)c(C)c2)cc(OC)c1OC. The molecule has 0 bridgehead atoms. The number of amides is 2. The van der Waals surface area contributed by atoms with Crippen LogP contribution < -0.4 is 24.8 Å². The summed E-state index contributed by atoms with van der Waals surface area (Å²) in [5, 5.41) is 5.56. The summed E-state index contributed by atoms with van der Waals surface area (Å²) in [7, 11) is 4.52. The lowest BCUT2D eigenvalue weighted by molar-refractivity contribution is -0.113. The number of benzene rings is 3. The molecule has 176 valence electrons. The fourth-order valence-electron chi connectivity index (χ4n) is 3.21. The summed E-state index contributed by atoms with van der Waals surface area (Å²) in [6.45, 7) is 1.92. The van der Waals surface area contributed by atoms with E-state index in [1.807, 2.05) is 25.1 Å².